The number of alkyl halides is 3. The van der Waals surface area contributed by atoms with Crippen molar-refractivity contribution < 1.29 is 13.2 Å². The molecule has 0 saturated carbocycles. The van der Waals surface area contributed by atoms with Crippen LogP contribution in [0.5, 0.6) is 0 Å². The van der Waals surface area contributed by atoms with Gasteiger partial charge < -0.3 is 0 Å². The molecule has 0 bridgehead atoms. The molecule has 4 aromatic carbocycles. The zero-order valence-corrected chi connectivity index (χ0v) is 15.9. The fourth-order valence-corrected chi connectivity index (χ4v) is 3.81. The van der Waals surface area contributed by atoms with Crippen LogP contribution in [0, 0.1) is 0 Å². The Morgan fingerprint density at radius 2 is 1.24 bits per heavy atom. The third kappa shape index (κ3) is 4.51. The molecule has 0 amide bonds. The van der Waals surface area contributed by atoms with Crippen LogP contribution in [0.25, 0.3) is 10.8 Å². The van der Waals surface area contributed by atoms with Gasteiger partial charge in [-0.3, -0.25) is 0 Å². The molecule has 4 rings (SSSR count). The van der Waals surface area contributed by atoms with Crippen LogP contribution in [-0.2, 0) is 12.6 Å². The van der Waals surface area contributed by atoms with Crippen LogP contribution < -0.4 is 0 Å². The molecule has 0 saturated heterocycles. The van der Waals surface area contributed by atoms with Crippen LogP contribution in [0.4, 0.5) is 13.2 Å². The average Bonchev–Trinajstić information content (AvgIpc) is 2.74. The quantitative estimate of drug-likeness (QED) is 0.329. The van der Waals surface area contributed by atoms with Gasteiger partial charge in [0.05, 0.1) is 5.56 Å². The Bertz CT molecular complexity index is 1080. The number of benzene rings is 4. The van der Waals surface area contributed by atoms with Gasteiger partial charge in [-0.1, -0.05) is 84.9 Å². The summed E-state index contributed by atoms with van der Waals surface area (Å²) in [5.74, 6) is 0.0297. The van der Waals surface area contributed by atoms with Crippen molar-refractivity contribution in [3.8, 4) is 0 Å². The van der Waals surface area contributed by atoms with Crippen molar-refractivity contribution in [3.63, 3.8) is 0 Å². The molecule has 0 spiro atoms. The molecule has 0 fully saturated rings. The maximum absolute atomic E-state index is 13.0. The second-order valence-electron chi connectivity index (χ2n) is 7.30. The van der Waals surface area contributed by atoms with Crippen LogP contribution >= 0.6 is 0 Å². The van der Waals surface area contributed by atoms with Crippen LogP contribution in [0.3, 0.4) is 0 Å². The molecule has 0 N–H and O–H groups in total. The van der Waals surface area contributed by atoms with Gasteiger partial charge in [0.1, 0.15) is 0 Å². The summed E-state index contributed by atoms with van der Waals surface area (Å²) in [6.45, 7) is 0. The van der Waals surface area contributed by atoms with E-state index in [0.29, 0.717) is 0 Å². The molecule has 146 valence electrons. The molecule has 0 aliphatic heterocycles. The predicted molar refractivity (Wildman–Crippen MR) is 112 cm³/mol. The zero-order valence-electron chi connectivity index (χ0n) is 15.9. The van der Waals surface area contributed by atoms with E-state index in [1.165, 1.54) is 17.7 Å². The molecule has 1 unspecified atom stereocenters. The monoisotopic (exact) mass is 390 g/mol. The fourth-order valence-electron chi connectivity index (χ4n) is 3.81. The fraction of sp³-hybridized carbons (Fsp3) is 0.154. The molecule has 29 heavy (non-hydrogen) atoms. The Balaban J connectivity index is 1.69. The van der Waals surface area contributed by atoms with E-state index in [1.807, 2.05) is 30.3 Å². The van der Waals surface area contributed by atoms with Crippen LogP contribution in [0.15, 0.2) is 97.1 Å². The van der Waals surface area contributed by atoms with Gasteiger partial charge in [0.2, 0.25) is 0 Å². The van der Waals surface area contributed by atoms with Gasteiger partial charge in [-0.05, 0) is 52.4 Å². The largest absolute Gasteiger partial charge is 0.416 e. The van der Waals surface area contributed by atoms with Crippen molar-refractivity contribution in [2.75, 3.05) is 0 Å². The molecule has 0 nitrogen and oxygen atoms in total. The summed E-state index contributed by atoms with van der Waals surface area (Å²) in [5.41, 5.74) is 2.65. The van der Waals surface area contributed by atoms with Crippen molar-refractivity contribution in [2.24, 2.45) is 0 Å². The zero-order chi connectivity index (χ0) is 20.3. The van der Waals surface area contributed by atoms with E-state index < -0.39 is 11.7 Å². The highest BCUT2D eigenvalue weighted by atomic mass is 19.4. The number of aryl methyl sites for hydroxylation is 1. The molecule has 1 atom stereocenters. The highest BCUT2D eigenvalue weighted by Gasteiger charge is 2.30. The lowest BCUT2D eigenvalue weighted by atomic mass is 9.85. The number of halogens is 3. The number of fused-ring (bicyclic) bond motifs is 1. The van der Waals surface area contributed by atoms with E-state index in [0.717, 1.165) is 34.7 Å². The van der Waals surface area contributed by atoms with Gasteiger partial charge in [-0.15, -0.1) is 0 Å². The van der Waals surface area contributed by atoms with E-state index in [2.05, 4.69) is 42.5 Å². The Morgan fingerprint density at radius 3 is 1.93 bits per heavy atom. The molecular weight excluding hydrogens is 369 g/mol. The van der Waals surface area contributed by atoms with Crippen molar-refractivity contribution in [1.29, 1.82) is 0 Å². The maximum atomic E-state index is 13.0. The third-order valence-corrected chi connectivity index (χ3v) is 5.38. The van der Waals surface area contributed by atoms with Crippen molar-refractivity contribution >= 4 is 10.8 Å². The smallest absolute Gasteiger partial charge is 0.166 e. The first-order valence-corrected chi connectivity index (χ1v) is 9.70. The minimum atomic E-state index is -4.32. The summed E-state index contributed by atoms with van der Waals surface area (Å²) < 4.78 is 39.0. The van der Waals surface area contributed by atoms with E-state index in [9.17, 15) is 13.2 Å². The average molecular weight is 390 g/mol. The lowest BCUT2D eigenvalue weighted by Gasteiger charge is -2.20. The van der Waals surface area contributed by atoms with E-state index >= 15 is 0 Å². The molecule has 4 aromatic rings. The summed E-state index contributed by atoms with van der Waals surface area (Å²) in [6.07, 6.45) is -2.63. The standard InChI is InChI=1S/C26H21F3/c27-26(28,29)24-15-13-21(14-16-24)25(17-10-19-6-2-1-3-7-19)23-12-11-20-8-4-5-9-22(20)18-23/h1-9,11-16,18,25H,10,17H2. The van der Waals surface area contributed by atoms with Gasteiger partial charge in [0.25, 0.3) is 0 Å². The normalized spacial score (nSPS) is 12.8. The number of hydrogen-bond donors (Lipinski definition) is 0. The molecule has 0 heterocycles. The molecule has 0 aliphatic carbocycles. The summed E-state index contributed by atoms with van der Waals surface area (Å²) in [4.78, 5) is 0. The molecular formula is C26H21F3. The van der Waals surface area contributed by atoms with Gasteiger partial charge in [0, 0.05) is 5.92 Å². The van der Waals surface area contributed by atoms with Crippen LogP contribution in [0.2, 0.25) is 0 Å². The Morgan fingerprint density at radius 1 is 0.621 bits per heavy atom. The van der Waals surface area contributed by atoms with Crippen LogP contribution in [-0.4, -0.2) is 0 Å². The first kappa shape index (κ1) is 19.3. The second-order valence-corrected chi connectivity index (χ2v) is 7.30. The van der Waals surface area contributed by atoms with E-state index in [-0.39, 0.29) is 5.92 Å². The van der Waals surface area contributed by atoms with Gasteiger partial charge >= 0.3 is 6.18 Å². The number of rotatable bonds is 5. The van der Waals surface area contributed by atoms with E-state index in [4.69, 9.17) is 0 Å². The van der Waals surface area contributed by atoms with Gasteiger partial charge in [0.15, 0.2) is 0 Å². The SMILES string of the molecule is FC(F)(F)c1ccc(C(CCc2ccccc2)c2ccc3ccccc3c2)cc1. The summed E-state index contributed by atoms with van der Waals surface area (Å²) in [7, 11) is 0. The summed E-state index contributed by atoms with van der Waals surface area (Å²) in [5, 5.41) is 2.30. The van der Waals surface area contributed by atoms with Gasteiger partial charge in [-0.25, -0.2) is 0 Å². The first-order valence-electron chi connectivity index (χ1n) is 9.70. The summed E-state index contributed by atoms with van der Waals surface area (Å²) in [6, 6.07) is 30.3. The minimum Gasteiger partial charge on any atom is -0.166 e. The lowest BCUT2D eigenvalue weighted by molar-refractivity contribution is -0.137. The molecule has 0 radical (unpaired) electrons. The Hall–Kier alpha value is -3.07. The highest BCUT2D eigenvalue weighted by Crippen LogP contribution is 2.34. The van der Waals surface area contributed by atoms with Gasteiger partial charge in [-0.2, -0.15) is 13.2 Å². The number of hydrogen-bond acceptors (Lipinski definition) is 0. The summed E-state index contributed by atoms with van der Waals surface area (Å²) >= 11 is 0. The first-order chi connectivity index (χ1) is 14.0. The van der Waals surface area contributed by atoms with Crippen molar-refractivity contribution in [1.82, 2.24) is 0 Å². The molecule has 0 aliphatic rings. The third-order valence-electron chi connectivity index (χ3n) is 5.38. The van der Waals surface area contributed by atoms with E-state index in [1.54, 1.807) is 12.1 Å². The predicted octanol–water partition coefficient (Wildman–Crippen LogP) is 7.62. The maximum Gasteiger partial charge on any atom is 0.416 e. The second kappa shape index (κ2) is 8.12. The van der Waals surface area contributed by atoms with Crippen molar-refractivity contribution in [3.05, 3.63) is 119 Å². The highest BCUT2D eigenvalue weighted by molar-refractivity contribution is 5.83. The van der Waals surface area contributed by atoms with Crippen molar-refractivity contribution in [2.45, 2.75) is 24.9 Å². The minimum absolute atomic E-state index is 0.0297. The topological polar surface area (TPSA) is 0 Å². The Labute approximate surface area is 168 Å². The molecule has 3 heteroatoms. The molecule has 0 aromatic heterocycles. The lowest BCUT2D eigenvalue weighted by Crippen LogP contribution is -2.07. The van der Waals surface area contributed by atoms with Crippen LogP contribution in [0.1, 0.15) is 34.6 Å². The Kier molecular flexibility index (Phi) is 5.39.